The minimum Gasteiger partial charge on any atom is -0.495 e. The molecule has 0 aliphatic carbocycles. The number of benzene rings is 1. The Morgan fingerprint density at radius 1 is 1.39 bits per heavy atom. The molecule has 1 fully saturated rings. The molecular formula is C19H22N4O6S2. The standard InChI is InChI=1S/C19H22N4O6S2/c1-4-29-18(24)17-22-23-16(11(2)21-19(23)30-17)13-5-6-14(27-3)15(7-13)31(25,26)20-8-12-9-28-10-12/h5-7,12,20H,4,8-10H2,1-3H3. The third-order valence-corrected chi connectivity index (χ3v) is 7.16. The number of aryl methyl sites for hydroxylation is 1. The maximum atomic E-state index is 13.0. The van der Waals surface area contributed by atoms with E-state index in [4.69, 9.17) is 14.2 Å². The van der Waals surface area contributed by atoms with Crippen LogP contribution in [0.15, 0.2) is 23.1 Å². The molecule has 0 bridgehead atoms. The second-order valence-electron chi connectivity index (χ2n) is 6.99. The fourth-order valence-electron chi connectivity index (χ4n) is 3.20. The molecule has 1 aliphatic heterocycles. The Labute approximate surface area is 183 Å². The zero-order chi connectivity index (χ0) is 22.2. The number of nitrogens with zero attached hydrogens (tertiary/aromatic N) is 3. The zero-order valence-electron chi connectivity index (χ0n) is 17.2. The number of imidazole rings is 1. The van der Waals surface area contributed by atoms with Crippen LogP contribution >= 0.6 is 11.3 Å². The van der Waals surface area contributed by atoms with Gasteiger partial charge in [0.1, 0.15) is 10.6 Å². The van der Waals surface area contributed by atoms with Gasteiger partial charge in [-0.2, -0.15) is 0 Å². The lowest BCUT2D eigenvalue weighted by molar-refractivity contribution is -0.0283. The van der Waals surface area contributed by atoms with E-state index < -0.39 is 16.0 Å². The average Bonchev–Trinajstić information content (AvgIpc) is 3.23. The van der Waals surface area contributed by atoms with E-state index in [1.165, 1.54) is 17.7 Å². The monoisotopic (exact) mass is 466 g/mol. The van der Waals surface area contributed by atoms with Gasteiger partial charge in [0.05, 0.1) is 38.3 Å². The fraction of sp³-hybridized carbons (Fsp3) is 0.421. The number of nitrogens with one attached hydrogen (secondary N) is 1. The number of aromatic nitrogens is 3. The van der Waals surface area contributed by atoms with Crippen molar-refractivity contribution in [3.63, 3.8) is 0 Å². The summed E-state index contributed by atoms with van der Waals surface area (Å²) in [6.07, 6.45) is 0. The first-order valence-electron chi connectivity index (χ1n) is 9.63. The maximum absolute atomic E-state index is 13.0. The summed E-state index contributed by atoms with van der Waals surface area (Å²) in [6, 6.07) is 4.85. The van der Waals surface area contributed by atoms with E-state index in [0.717, 1.165) is 11.3 Å². The van der Waals surface area contributed by atoms with Crippen LogP contribution in [-0.4, -0.2) is 62.5 Å². The smallest absolute Gasteiger partial charge is 0.369 e. The highest BCUT2D eigenvalue weighted by Gasteiger charge is 2.26. The number of esters is 1. The van der Waals surface area contributed by atoms with Gasteiger partial charge in [0.25, 0.3) is 0 Å². The molecule has 1 saturated heterocycles. The molecule has 12 heteroatoms. The Morgan fingerprint density at radius 2 is 2.16 bits per heavy atom. The van der Waals surface area contributed by atoms with Crippen LogP contribution in [0.2, 0.25) is 0 Å². The number of carbonyl (C=O) groups is 1. The van der Waals surface area contributed by atoms with Gasteiger partial charge in [-0.15, -0.1) is 5.10 Å². The van der Waals surface area contributed by atoms with Crippen LogP contribution < -0.4 is 9.46 Å². The topological polar surface area (TPSA) is 121 Å². The Bertz CT molecular complexity index is 1230. The summed E-state index contributed by atoms with van der Waals surface area (Å²) in [5, 5.41) is 4.51. The van der Waals surface area contributed by atoms with Gasteiger partial charge in [-0.25, -0.2) is 27.4 Å². The highest BCUT2D eigenvalue weighted by molar-refractivity contribution is 7.89. The molecule has 0 atom stereocenters. The summed E-state index contributed by atoms with van der Waals surface area (Å²) in [4.78, 5) is 17.0. The average molecular weight is 467 g/mol. The SMILES string of the molecule is CCOC(=O)c1nn2c(-c3ccc(OC)c(S(=O)(=O)NCC4COC4)c3)c(C)nc2s1. The maximum Gasteiger partial charge on any atom is 0.369 e. The van der Waals surface area contributed by atoms with Crippen LogP contribution in [0.1, 0.15) is 22.4 Å². The lowest BCUT2D eigenvalue weighted by Crippen LogP contribution is -2.39. The van der Waals surface area contributed by atoms with Crippen LogP contribution in [0.3, 0.4) is 0 Å². The summed E-state index contributed by atoms with van der Waals surface area (Å²) < 4.78 is 45.5. The summed E-state index contributed by atoms with van der Waals surface area (Å²) in [7, 11) is -2.40. The molecule has 3 heterocycles. The molecule has 0 amide bonds. The van der Waals surface area contributed by atoms with E-state index in [0.29, 0.717) is 41.7 Å². The van der Waals surface area contributed by atoms with Crippen molar-refractivity contribution in [3.8, 4) is 17.0 Å². The summed E-state index contributed by atoms with van der Waals surface area (Å²) >= 11 is 1.11. The molecule has 1 N–H and O–H groups in total. The van der Waals surface area contributed by atoms with E-state index in [1.54, 1.807) is 26.0 Å². The van der Waals surface area contributed by atoms with Crippen molar-refractivity contribution in [1.82, 2.24) is 19.3 Å². The van der Waals surface area contributed by atoms with Crippen LogP contribution in [0.5, 0.6) is 5.75 Å². The Balaban J connectivity index is 1.74. The Kier molecular flexibility index (Phi) is 5.97. The number of rotatable bonds is 8. The fourth-order valence-corrected chi connectivity index (χ4v) is 5.35. The summed E-state index contributed by atoms with van der Waals surface area (Å²) in [6.45, 7) is 5.14. The second-order valence-corrected chi connectivity index (χ2v) is 9.68. The molecule has 3 aromatic rings. The number of hydrogen-bond donors (Lipinski definition) is 1. The van der Waals surface area contributed by atoms with Gasteiger partial charge in [-0.3, -0.25) is 0 Å². The normalized spacial score (nSPS) is 14.5. The van der Waals surface area contributed by atoms with Gasteiger partial charge in [-0.1, -0.05) is 11.3 Å². The molecule has 0 saturated carbocycles. The molecule has 1 aliphatic rings. The highest BCUT2D eigenvalue weighted by Crippen LogP contribution is 2.33. The molecular weight excluding hydrogens is 444 g/mol. The molecule has 10 nitrogen and oxygen atoms in total. The molecule has 1 aromatic carbocycles. The minimum absolute atomic E-state index is 0.0166. The van der Waals surface area contributed by atoms with E-state index >= 15 is 0 Å². The highest BCUT2D eigenvalue weighted by atomic mass is 32.2. The lowest BCUT2D eigenvalue weighted by atomic mass is 10.1. The Morgan fingerprint density at radius 3 is 2.81 bits per heavy atom. The van der Waals surface area contributed by atoms with E-state index in [1.807, 2.05) is 0 Å². The molecule has 2 aromatic heterocycles. The summed E-state index contributed by atoms with van der Waals surface area (Å²) in [5.74, 6) is -0.134. The number of ether oxygens (including phenoxy) is 3. The Hall–Kier alpha value is -2.54. The molecule has 0 radical (unpaired) electrons. The lowest BCUT2D eigenvalue weighted by Gasteiger charge is -2.26. The third-order valence-electron chi connectivity index (χ3n) is 4.82. The molecule has 0 spiro atoms. The first-order chi connectivity index (χ1) is 14.8. The number of hydrogen-bond acceptors (Lipinski definition) is 9. The third kappa shape index (κ3) is 4.15. The number of methoxy groups -OCH3 is 1. The van der Waals surface area contributed by atoms with E-state index in [-0.39, 0.29) is 28.2 Å². The van der Waals surface area contributed by atoms with Crippen LogP contribution in [0.4, 0.5) is 0 Å². The molecule has 0 unspecified atom stereocenters. The number of sulfonamides is 1. The minimum atomic E-state index is -3.82. The second kappa shape index (κ2) is 8.54. The quantitative estimate of drug-likeness (QED) is 0.500. The van der Waals surface area contributed by atoms with Crippen LogP contribution in [0, 0.1) is 12.8 Å². The van der Waals surface area contributed by atoms with E-state index in [2.05, 4.69) is 14.8 Å². The van der Waals surface area contributed by atoms with Crippen LogP contribution in [0.25, 0.3) is 16.2 Å². The number of fused-ring (bicyclic) bond motifs is 1. The van der Waals surface area contributed by atoms with Crippen LogP contribution in [-0.2, 0) is 19.5 Å². The van der Waals surface area contributed by atoms with Gasteiger partial charge in [0, 0.05) is 18.0 Å². The van der Waals surface area contributed by atoms with Gasteiger partial charge in [0.15, 0.2) is 0 Å². The van der Waals surface area contributed by atoms with Gasteiger partial charge in [0.2, 0.25) is 20.0 Å². The largest absolute Gasteiger partial charge is 0.495 e. The van der Waals surface area contributed by atoms with Gasteiger partial charge in [-0.05, 0) is 32.0 Å². The first kappa shape index (κ1) is 21.7. The number of carbonyl (C=O) groups excluding carboxylic acids is 1. The van der Waals surface area contributed by atoms with Crippen molar-refractivity contribution in [2.75, 3.05) is 33.5 Å². The predicted molar refractivity (Wildman–Crippen MR) is 113 cm³/mol. The zero-order valence-corrected chi connectivity index (χ0v) is 18.9. The first-order valence-corrected chi connectivity index (χ1v) is 11.9. The van der Waals surface area contributed by atoms with Crippen molar-refractivity contribution in [2.45, 2.75) is 18.7 Å². The van der Waals surface area contributed by atoms with Crippen molar-refractivity contribution >= 4 is 32.3 Å². The van der Waals surface area contributed by atoms with E-state index in [9.17, 15) is 13.2 Å². The molecule has 166 valence electrons. The van der Waals surface area contributed by atoms with Gasteiger partial charge >= 0.3 is 5.97 Å². The molecule has 4 rings (SSSR count). The molecule has 31 heavy (non-hydrogen) atoms. The van der Waals surface area contributed by atoms with Crippen molar-refractivity contribution in [3.05, 3.63) is 28.9 Å². The predicted octanol–water partition coefficient (Wildman–Crippen LogP) is 1.88. The van der Waals surface area contributed by atoms with Crippen molar-refractivity contribution < 1.29 is 27.4 Å². The van der Waals surface area contributed by atoms with Crippen molar-refractivity contribution in [2.24, 2.45) is 5.92 Å². The van der Waals surface area contributed by atoms with Crippen molar-refractivity contribution in [1.29, 1.82) is 0 Å². The summed E-state index contributed by atoms with van der Waals surface area (Å²) in [5.41, 5.74) is 1.83. The van der Waals surface area contributed by atoms with Gasteiger partial charge < -0.3 is 14.2 Å².